The van der Waals surface area contributed by atoms with Gasteiger partial charge in [-0.1, -0.05) is 98.9 Å². The SMILES string of the molecule is CC/C=C/C=C/C=C/C=C/C=C/CCCC(=O)OC(COC(=O)CC/C=C/C/C=C/CC)COP(=O)(O)O. The molecular formula is C29H43O8P. The zero-order valence-electron chi connectivity index (χ0n) is 22.5. The molecular weight excluding hydrogens is 507 g/mol. The summed E-state index contributed by atoms with van der Waals surface area (Å²) in [5, 5.41) is 0. The number of hydrogen-bond donors (Lipinski definition) is 2. The van der Waals surface area contributed by atoms with Crippen molar-refractivity contribution in [3.8, 4) is 0 Å². The molecule has 0 heterocycles. The summed E-state index contributed by atoms with van der Waals surface area (Å²) in [6.45, 7) is 3.19. The van der Waals surface area contributed by atoms with Crippen LogP contribution in [0.5, 0.6) is 0 Å². The monoisotopic (exact) mass is 550 g/mol. The molecule has 0 saturated heterocycles. The van der Waals surface area contributed by atoms with E-state index in [1.54, 1.807) is 0 Å². The van der Waals surface area contributed by atoms with E-state index >= 15 is 0 Å². The Kier molecular flexibility index (Phi) is 22.8. The fraction of sp³-hybridized carbons (Fsp3) is 0.448. The summed E-state index contributed by atoms with van der Waals surface area (Å²) in [5.41, 5.74) is 0. The Hall–Kier alpha value is -2.77. The standard InChI is InChI=1S/C29H43O8P/c1-3-5-7-9-11-12-13-14-15-16-18-20-22-24-29(31)37-27(26-36-38(32,33)34)25-35-28(30)23-21-19-17-10-8-6-4-2/h5-9,11-19,27H,3-4,10,20-26H2,1-2H3,(H2,32,33,34)/b7-5+,8-6+,11-9+,13-12+,15-14+,18-16+,19-17+. The summed E-state index contributed by atoms with van der Waals surface area (Å²) in [5.74, 6) is -1.08. The second kappa shape index (κ2) is 24.6. The first-order valence-corrected chi connectivity index (χ1v) is 14.5. The summed E-state index contributed by atoms with van der Waals surface area (Å²) in [6, 6.07) is 0. The van der Waals surface area contributed by atoms with Crippen molar-refractivity contribution in [3.63, 3.8) is 0 Å². The molecule has 0 bridgehead atoms. The Bertz CT molecular complexity index is 890. The number of phosphoric ester groups is 1. The summed E-state index contributed by atoms with van der Waals surface area (Å²) < 4.78 is 25.8. The van der Waals surface area contributed by atoms with Crippen LogP contribution in [-0.2, 0) is 28.2 Å². The molecule has 1 atom stereocenters. The number of carbonyl (C=O) groups is 2. The zero-order valence-corrected chi connectivity index (χ0v) is 23.4. The first-order chi connectivity index (χ1) is 18.3. The van der Waals surface area contributed by atoms with E-state index in [1.807, 2.05) is 72.9 Å². The van der Waals surface area contributed by atoms with E-state index in [-0.39, 0.29) is 19.4 Å². The van der Waals surface area contributed by atoms with Crippen LogP contribution >= 0.6 is 7.82 Å². The lowest BCUT2D eigenvalue weighted by molar-refractivity contribution is -0.161. The Morgan fingerprint density at radius 2 is 1.32 bits per heavy atom. The number of hydrogen-bond acceptors (Lipinski definition) is 6. The number of esters is 2. The maximum absolute atomic E-state index is 12.2. The van der Waals surface area contributed by atoms with Crippen LogP contribution in [0.15, 0.2) is 85.1 Å². The molecule has 2 N–H and O–H groups in total. The molecule has 0 amide bonds. The minimum Gasteiger partial charge on any atom is -0.462 e. The molecule has 0 spiro atoms. The van der Waals surface area contributed by atoms with Crippen molar-refractivity contribution < 1.29 is 37.9 Å². The Balaban J connectivity index is 4.39. The van der Waals surface area contributed by atoms with Gasteiger partial charge in [0.15, 0.2) is 6.10 Å². The molecule has 0 rings (SSSR count). The van der Waals surface area contributed by atoms with Gasteiger partial charge in [0.1, 0.15) is 6.61 Å². The molecule has 9 heteroatoms. The molecule has 0 aromatic carbocycles. The number of rotatable bonds is 21. The highest BCUT2D eigenvalue weighted by Gasteiger charge is 2.22. The molecule has 0 aliphatic rings. The van der Waals surface area contributed by atoms with Crippen LogP contribution in [0.3, 0.4) is 0 Å². The first-order valence-electron chi connectivity index (χ1n) is 12.9. The topological polar surface area (TPSA) is 119 Å². The third-order valence-corrected chi connectivity index (χ3v) is 5.04. The number of allylic oxidation sites excluding steroid dienone is 14. The minimum absolute atomic E-state index is 0.0989. The van der Waals surface area contributed by atoms with Gasteiger partial charge in [0.25, 0.3) is 0 Å². The van der Waals surface area contributed by atoms with E-state index in [0.29, 0.717) is 19.3 Å². The molecule has 0 fully saturated rings. The zero-order chi connectivity index (χ0) is 28.3. The van der Waals surface area contributed by atoms with Crippen LogP contribution in [0.1, 0.15) is 65.2 Å². The highest BCUT2D eigenvalue weighted by Crippen LogP contribution is 2.35. The highest BCUT2D eigenvalue weighted by atomic mass is 31.2. The number of phosphoric acid groups is 1. The van der Waals surface area contributed by atoms with Crippen molar-refractivity contribution in [2.75, 3.05) is 13.2 Å². The molecule has 1 unspecified atom stereocenters. The van der Waals surface area contributed by atoms with Gasteiger partial charge in [0, 0.05) is 12.8 Å². The summed E-state index contributed by atoms with van der Waals surface area (Å²) in [4.78, 5) is 42.0. The van der Waals surface area contributed by atoms with Crippen LogP contribution in [0, 0.1) is 0 Å². The molecule has 0 saturated carbocycles. The van der Waals surface area contributed by atoms with Gasteiger partial charge >= 0.3 is 19.8 Å². The van der Waals surface area contributed by atoms with E-state index in [4.69, 9.17) is 19.3 Å². The number of ether oxygens (including phenoxy) is 2. The molecule has 0 aliphatic heterocycles. The van der Waals surface area contributed by atoms with Gasteiger partial charge in [0.05, 0.1) is 6.61 Å². The van der Waals surface area contributed by atoms with E-state index < -0.39 is 32.5 Å². The number of carbonyl (C=O) groups excluding carboxylic acids is 2. The van der Waals surface area contributed by atoms with Crippen molar-refractivity contribution in [2.45, 2.75) is 71.3 Å². The molecule has 38 heavy (non-hydrogen) atoms. The predicted molar refractivity (Wildman–Crippen MR) is 151 cm³/mol. The molecule has 0 aromatic rings. The lowest BCUT2D eigenvalue weighted by Gasteiger charge is -2.18. The van der Waals surface area contributed by atoms with Crippen LogP contribution in [-0.4, -0.2) is 41.0 Å². The fourth-order valence-electron chi connectivity index (χ4n) is 2.69. The average Bonchev–Trinajstić information content (AvgIpc) is 2.87. The van der Waals surface area contributed by atoms with Crippen LogP contribution in [0.4, 0.5) is 0 Å². The highest BCUT2D eigenvalue weighted by molar-refractivity contribution is 7.46. The van der Waals surface area contributed by atoms with E-state index in [0.717, 1.165) is 19.3 Å². The summed E-state index contributed by atoms with van der Waals surface area (Å²) in [6.07, 6.45) is 30.8. The van der Waals surface area contributed by atoms with Gasteiger partial charge in [-0.2, -0.15) is 0 Å². The maximum Gasteiger partial charge on any atom is 0.469 e. The number of unbranched alkanes of at least 4 members (excludes halogenated alkanes) is 1. The normalized spacial score (nSPS) is 13.9. The van der Waals surface area contributed by atoms with E-state index in [2.05, 4.69) is 30.5 Å². The molecule has 0 radical (unpaired) electrons. The molecule has 0 aromatic heterocycles. The lowest BCUT2D eigenvalue weighted by Crippen LogP contribution is -2.29. The second-order valence-corrected chi connectivity index (χ2v) is 9.26. The minimum atomic E-state index is -4.77. The van der Waals surface area contributed by atoms with Crippen LogP contribution in [0.2, 0.25) is 0 Å². The second-order valence-electron chi connectivity index (χ2n) is 8.02. The van der Waals surface area contributed by atoms with Crippen molar-refractivity contribution in [1.82, 2.24) is 0 Å². The van der Waals surface area contributed by atoms with E-state index in [1.165, 1.54) is 0 Å². The molecule has 0 aliphatic carbocycles. The summed E-state index contributed by atoms with van der Waals surface area (Å²) >= 11 is 0. The lowest BCUT2D eigenvalue weighted by atomic mass is 10.2. The van der Waals surface area contributed by atoms with Gasteiger partial charge in [-0.05, 0) is 38.5 Å². The van der Waals surface area contributed by atoms with Crippen molar-refractivity contribution in [2.24, 2.45) is 0 Å². The fourth-order valence-corrected chi connectivity index (χ4v) is 3.06. The third-order valence-electron chi connectivity index (χ3n) is 4.55. The van der Waals surface area contributed by atoms with Crippen LogP contribution in [0.25, 0.3) is 0 Å². The maximum atomic E-state index is 12.2. The van der Waals surface area contributed by atoms with Gasteiger partial charge in [0.2, 0.25) is 0 Å². The third kappa shape index (κ3) is 26.3. The average molecular weight is 551 g/mol. The van der Waals surface area contributed by atoms with Gasteiger partial charge in [-0.3, -0.25) is 14.1 Å². The first kappa shape index (κ1) is 35.2. The van der Waals surface area contributed by atoms with Crippen molar-refractivity contribution in [3.05, 3.63) is 85.1 Å². The van der Waals surface area contributed by atoms with Crippen LogP contribution < -0.4 is 0 Å². The molecule has 8 nitrogen and oxygen atoms in total. The summed E-state index contributed by atoms with van der Waals surface area (Å²) in [7, 11) is -4.77. The largest absolute Gasteiger partial charge is 0.469 e. The van der Waals surface area contributed by atoms with Gasteiger partial charge in [-0.15, -0.1) is 0 Å². The van der Waals surface area contributed by atoms with Crippen molar-refractivity contribution in [1.29, 1.82) is 0 Å². The van der Waals surface area contributed by atoms with E-state index in [9.17, 15) is 14.2 Å². The predicted octanol–water partition coefficient (Wildman–Crippen LogP) is 6.60. The van der Waals surface area contributed by atoms with Crippen molar-refractivity contribution >= 4 is 19.8 Å². The Labute approximate surface area is 227 Å². The van der Waals surface area contributed by atoms with Gasteiger partial charge in [-0.25, -0.2) is 4.57 Å². The Morgan fingerprint density at radius 3 is 1.95 bits per heavy atom. The van der Waals surface area contributed by atoms with Gasteiger partial charge < -0.3 is 19.3 Å². The molecule has 212 valence electrons. The Morgan fingerprint density at radius 1 is 0.711 bits per heavy atom. The smallest absolute Gasteiger partial charge is 0.462 e. The quantitative estimate of drug-likeness (QED) is 0.0539.